The van der Waals surface area contributed by atoms with Crippen LogP contribution in [0.2, 0.25) is 0 Å². The number of rotatable bonds is 2. The molecule has 4 rings (SSSR count). The van der Waals surface area contributed by atoms with Gasteiger partial charge in [0, 0.05) is 33.1 Å². The number of hydrogen-bond donors (Lipinski definition) is 1. The third-order valence-electron chi connectivity index (χ3n) is 5.48. The van der Waals surface area contributed by atoms with Crippen LogP contribution < -0.4 is 5.32 Å². The molecule has 1 N–H and O–H groups in total. The fourth-order valence-corrected chi connectivity index (χ4v) is 3.90. The van der Waals surface area contributed by atoms with Crippen molar-refractivity contribution >= 4 is 11.8 Å². The van der Waals surface area contributed by atoms with Crippen LogP contribution >= 0.6 is 0 Å². The number of amides is 2. The Kier molecular flexibility index (Phi) is 3.82. The van der Waals surface area contributed by atoms with Gasteiger partial charge in [0.05, 0.1) is 5.69 Å². The van der Waals surface area contributed by atoms with Gasteiger partial charge in [-0.25, -0.2) is 0 Å². The second kappa shape index (κ2) is 6.02. The SMILES string of the molecule is Cn1nc(C(=O)N2CCC3(CC2)CNC(=O)C3)cc1-c1ccccc1. The smallest absolute Gasteiger partial charge is 0.274 e. The second-order valence-corrected chi connectivity index (χ2v) is 7.15. The van der Waals surface area contributed by atoms with Gasteiger partial charge >= 0.3 is 0 Å². The normalized spacial score (nSPS) is 19.2. The Morgan fingerprint density at radius 3 is 2.56 bits per heavy atom. The molecule has 130 valence electrons. The average Bonchev–Trinajstić information content (AvgIpc) is 3.19. The van der Waals surface area contributed by atoms with Gasteiger partial charge in [0.15, 0.2) is 5.69 Å². The molecular weight excluding hydrogens is 316 g/mol. The van der Waals surface area contributed by atoms with Crippen molar-refractivity contribution < 1.29 is 9.59 Å². The van der Waals surface area contributed by atoms with E-state index < -0.39 is 0 Å². The number of aryl methyl sites for hydroxylation is 1. The van der Waals surface area contributed by atoms with Crippen LogP contribution in [-0.4, -0.2) is 46.1 Å². The van der Waals surface area contributed by atoms with Crippen molar-refractivity contribution in [1.82, 2.24) is 20.0 Å². The van der Waals surface area contributed by atoms with Crippen molar-refractivity contribution in [2.75, 3.05) is 19.6 Å². The first kappa shape index (κ1) is 15.9. The van der Waals surface area contributed by atoms with Gasteiger partial charge in [0.1, 0.15) is 0 Å². The third kappa shape index (κ3) is 2.92. The average molecular weight is 338 g/mol. The first-order valence-corrected chi connectivity index (χ1v) is 8.72. The predicted molar refractivity (Wildman–Crippen MR) is 93.8 cm³/mol. The number of piperidine rings is 1. The summed E-state index contributed by atoms with van der Waals surface area (Å²) in [6.07, 6.45) is 2.34. The topological polar surface area (TPSA) is 67.2 Å². The van der Waals surface area contributed by atoms with E-state index in [1.54, 1.807) is 4.68 Å². The summed E-state index contributed by atoms with van der Waals surface area (Å²) in [6, 6.07) is 11.8. The summed E-state index contributed by atoms with van der Waals surface area (Å²) >= 11 is 0. The first-order chi connectivity index (χ1) is 12.1. The van der Waals surface area contributed by atoms with E-state index >= 15 is 0 Å². The van der Waals surface area contributed by atoms with Gasteiger partial charge in [-0.15, -0.1) is 0 Å². The molecule has 1 aromatic heterocycles. The van der Waals surface area contributed by atoms with Crippen LogP contribution in [0.25, 0.3) is 11.3 Å². The van der Waals surface area contributed by atoms with Crippen molar-refractivity contribution in [2.24, 2.45) is 12.5 Å². The lowest BCUT2D eigenvalue weighted by molar-refractivity contribution is -0.119. The highest BCUT2D eigenvalue weighted by molar-refractivity contribution is 5.93. The maximum absolute atomic E-state index is 12.8. The molecule has 25 heavy (non-hydrogen) atoms. The molecule has 2 aliphatic heterocycles. The number of hydrogen-bond acceptors (Lipinski definition) is 3. The number of nitrogens with zero attached hydrogens (tertiary/aromatic N) is 3. The van der Waals surface area contributed by atoms with Gasteiger partial charge in [-0.2, -0.15) is 5.10 Å². The molecule has 2 fully saturated rings. The molecule has 6 heteroatoms. The lowest BCUT2D eigenvalue weighted by atomic mass is 9.77. The molecule has 0 unspecified atom stereocenters. The molecule has 6 nitrogen and oxygen atoms in total. The minimum absolute atomic E-state index is 0.0232. The van der Waals surface area contributed by atoms with Gasteiger partial charge in [-0.3, -0.25) is 14.3 Å². The standard InChI is InChI=1S/C19H22N4O2/c1-22-16(14-5-3-2-4-6-14)11-15(21-22)18(25)23-9-7-19(8-10-23)12-17(24)20-13-19/h2-6,11H,7-10,12-13H2,1H3,(H,20,24). The van der Waals surface area contributed by atoms with Crippen LogP contribution in [-0.2, 0) is 11.8 Å². The molecule has 1 spiro atoms. The number of benzene rings is 1. The third-order valence-corrected chi connectivity index (χ3v) is 5.48. The van der Waals surface area contributed by atoms with Crippen molar-refractivity contribution in [3.05, 3.63) is 42.1 Å². The number of carbonyl (C=O) groups is 2. The summed E-state index contributed by atoms with van der Waals surface area (Å²) in [5.41, 5.74) is 2.51. The Balaban J connectivity index is 1.48. The van der Waals surface area contributed by atoms with E-state index in [1.165, 1.54) is 0 Å². The van der Waals surface area contributed by atoms with E-state index in [-0.39, 0.29) is 17.2 Å². The van der Waals surface area contributed by atoms with Crippen LogP contribution in [0.1, 0.15) is 29.8 Å². The molecule has 2 aliphatic rings. The van der Waals surface area contributed by atoms with Crippen molar-refractivity contribution in [3.63, 3.8) is 0 Å². The zero-order valence-electron chi connectivity index (χ0n) is 14.4. The number of likely N-dealkylation sites (tertiary alicyclic amines) is 1. The molecule has 0 bridgehead atoms. The quantitative estimate of drug-likeness (QED) is 0.908. The minimum atomic E-state index is -0.0232. The van der Waals surface area contributed by atoms with Gasteiger partial charge in [0.2, 0.25) is 5.91 Å². The number of nitrogens with one attached hydrogen (secondary N) is 1. The molecule has 1 aromatic carbocycles. The fourth-order valence-electron chi connectivity index (χ4n) is 3.90. The summed E-state index contributed by atoms with van der Waals surface area (Å²) in [4.78, 5) is 26.2. The number of carbonyl (C=O) groups excluding carboxylic acids is 2. The van der Waals surface area contributed by atoms with E-state index in [2.05, 4.69) is 10.4 Å². The molecule has 0 saturated carbocycles. The molecule has 3 heterocycles. The van der Waals surface area contributed by atoms with E-state index in [1.807, 2.05) is 48.3 Å². The van der Waals surface area contributed by atoms with E-state index in [0.29, 0.717) is 25.2 Å². The molecule has 2 aromatic rings. The summed E-state index contributed by atoms with van der Waals surface area (Å²) in [7, 11) is 1.86. The Labute approximate surface area is 146 Å². The Morgan fingerprint density at radius 1 is 1.20 bits per heavy atom. The molecule has 0 radical (unpaired) electrons. The van der Waals surface area contributed by atoms with Gasteiger partial charge in [0.25, 0.3) is 5.91 Å². The minimum Gasteiger partial charge on any atom is -0.356 e. The van der Waals surface area contributed by atoms with E-state index in [0.717, 1.165) is 30.6 Å². The molecule has 0 atom stereocenters. The summed E-state index contributed by atoms with van der Waals surface area (Å²) in [6.45, 7) is 2.12. The van der Waals surface area contributed by atoms with Crippen molar-refractivity contribution in [2.45, 2.75) is 19.3 Å². The maximum Gasteiger partial charge on any atom is 0.274 e. The van der Waals surface area contributed by atoms with Crippen LogP contribution in [0.15, 0.2) is 36.4 Å². The van der Waals surface area contributed by atoms with Gasteiger partial charge in [-0.05, 0) is 29.9 Å². The second-order valence-electron chi connectivity index (χ2n) is 7.15. The van der Waals surface area contributed by atoms with Crippen molar-refractivity contribution in [1.29, 1.82) is 0 Å². The Morgan fingerprint density at radius 2 is 1.92 bits per heavy atom. The number of aromatic nitrogens is 2. The highest BCUT2D eigenvalue weighted by Gasteiger charge is 2.41. The lowest BCUT2D eigenvalue weighted by Crippen LogP contribution is -2.44. The van der Waals surface area contributed by atoms with Crippen LogP contribution in [0, 0.1) is 5.41 Å². The van der Waals surface area contributed by atoms with E-state index in [9.17, 15) is 9.59 Å². The fraction of sp³-hybridized carbons (Fsp3) is 0.421. The maximum atomic E-state index is 12.8. The Bertz CT molecular complexity index is 804. The largest absolute Gasteiger partial charge is 0.356 e. The lowest BCUT2D eigenvalue weighted by Gasteiger charge is -2.37. The van der Waals surface area contributed by atoms with Gasteiger partial charge in [-0.1, -0.05) is 30.3 Å². The molecule has 2 saturated heterocycles. The van der Waals surface area contributed by atoms with Crippen LogP contribution in [0.4, 0.5) is 0 Å². The summed E-state index contributed by atoms with van der Waals surface area (Å²) in [5.74, 6) is 0.113. The Hall–Kier alpha value is -2.63. The van der Waals surface area contributed by atoms with Crippen LogP contribution in [0.5, 0.6) is 0 Å². The summed E-state index contributed by atoms with van der Waals surface area (Å²) in [5, 5.41) is 7.35. The highest BCUT2D eigenvalue weighted by atomic mass is 16.2. The first-order valence-electron chi connectivity index (χ1n) is 8.72. The monoisotopic (exact) mass is 338 g/mol. The van der Waals surface area contributed by atoms with E-state index in [4.69, 9.17) is 0 Å². The van der Waals surface area contributed by atoms with Crippen LogP contribution in [0.3, 0.4) is 0 Å². The predicted octanol–water partition coefficient (Wildman–Crippen LogP) is 1.83. The highest BCUT2D eigenvalue weighted by Crippen LogP contribution is 2.37. The summed E-state index contributed by atoms with van der Waals surface area (Å²) < 4.78 is 1.76. The zero-order valence-corrected chi connectivity index (χ0v) is 14.4. The molecule has 0 aliphatic carbocycles. The van der Waals surface area contributed by atoms with Gasteiger partial charge < -0.3 is 10.2 Å². The zero-order chi connectivity index (χ0) is 17.4. The molecular formula is C19H22N4O2. The molecule has 2 amide bonds. The van der Waals surface area contributed by atoms with Crippen molar-refractivity contribution in [3.8, 4) is 11.3 Å².